The Morgan fingerprint density at radius 1 is 0.688 bits per heavy atom. The van der Waals surface area contributed by atoms with Crippen LogP contribution in [0.4, 0.5) is 0 Å². The fourth-order valence-electron chi connectivity index (χ4n) is 7.89. The van der Waals surface area contributed by atoms with E-state index in [1.165, 1.54) is 66.8 Å². The number of hydrogen-bond donors (Lipinski definition) is 0. The molecule has 2 heteroatoms. The van der Waals surface area contributed by atoms with Crippen molar-refractivity contribution < 1.29 is 0 Å². The minimum absolute atomic E-state index is 0.825. The third kappa shape index (κ3) is 12.9. The van der Waals surface area contributed by atoms with Crippen LogP contribution in [0.15, 0.2) is 189 Å². The van der Waals surface area contributed by atoms with Crippen LogP contribution in [-0.4, -0.2) is 9.55 Å². The van der Waals surface area contributed by atoms with Gasteiger partial charge in [-0.15, -0.1) is 0 Å². The first-order valence-corrected chi connectivity index (χ1v) is 23.3. The molecule has 6 aromatic rings. The topological polar surface area (TPSA) is 17.8 Å². The zero-order valence-electron chi connectivity index (χ0n) is 40.0. The molecule has 0 spiro atoms. The first-order chi connectivity index (χ1) is 31.5. The monoisotopic (exact) mass is 843 g/mol. The molecule has 0 amide bonds. The highest BCUT2D eigenvalue weighted by Crippen LogP contribution is 2.49. The van der Waals surface area contributed by atoms with E-state index in [0.29, 0.717) is 0 Å². The number of imidazole rings is 1. The van der Waals surface area contributed by atoms with Crippen molar-refractivity contribution in [2.24, 2.45) is 0 Å². The van der Waals surface area contributed by atoms with E-state index in [2.05, 4.69) is 219 Å². The van der Waals surface area contributed by atoms with Gasteiger partial charge in [-0.05, 0) is 119 Å². The van der Waals surface area contributed by atoms with Crippen LogP contribution < -0.4 is 0 Å². The zero-order chi connectivity index (χ0) is 46.1. The van der Waals surface area contributed by atoms with Gasteiger partial charge in [-0.25, -0.2) is 4.98 Å². The summed E-state index contributed by atoms with van der Waals surface area (Å²) >= 11 is 0. The molecule has 0 fully saturated rings. The van der Waals surface area contributed by atoms with E-state index in [-0.39, 0.29) is 0 Å². The molecule has 0 aliphatic heterocycles. The van der Waals surface area contributed by atoms with Gasteiger partial charge in [0.1, 0.15) is 5.82 Å². The number of aryl methyl sites for hydroxylation is 1. The summed E-state index contributed by atoms with van der Waals surface area (Å²) in [5, 5.41) is 0. The lowest BCUT2D eigenvalue weighted by molar-refractivity contribution is 0.773. The van der Waals surface area contributed by atoms with Gasteiger partial charge in [0.05, 0.1) is 11.4 Å². The lowest BCUT2D eigenvalue weighted by Gasteiger charge is -2.27. The molecule has 0 saturated carbocycles. The third-order valence-corrected chi connectivity index (χ3v) is 10.7. The Morgan fingerprint density at radius 2 is 1.22 bits per heavy atom. The smallest absolute Gasteiger partial charge is 0.107 e. The van der Waals surface area contributed by atoms with Gasteiger partial charge in [0.25, 0.3) is 0 Å². The first kappa shape index (κ1) is 49.9. The molecule has 1 aliphatic carbocycles. The van der Waals surface area contributed by atoms with Crippen LogP contribution in [-0.2, 0) is 13.0 Å². The average molecular weight is 843 g/mol. The second-order valence-electron chi connectivity index (χ2n) is 14.7. The van der Waals surface area contributed by atoms with Crippen molar-refractivity contribution in [1.82, 2.24) is 9.55 Å². The highest BCUT2D eigenvalue weighted by atomic mass is 15.1. The Hall–Kier alpha value is -6.77. The van der Waals surface area contributed by atoms with Crippen molar-refractivity contribution in [2.45, 2.75) is 88.1 Å². The van der Waals surface area contributed by atoms with E-state index >= 15 is 0 Å². The molecule has 7 rings (SSSR count). The highest BCUT2D eigenvalue weighted by Gasteiger charge is 2.26. The predicted octanol–water partition coefficient (Wildman–Crippen LogP) is 18.2. The van der Waals surface area contributed by atoms with Crippen molar-refractivity contribution in [3.63, 3.8) is 0 Å². The van der Waals surface area contributed by atoms with Crippen LogP contribution in [0.25, 0.3) is 62.8 Å². The molecule has 0 bridgehead atoms. The lowest BCUT2D eigenvalue weighted by atomic mass is 9.76. The maximum absolute atomic E-state index is 4.54. The maximum Gasteiger partial charge on any atom is 0.107 e. The molecular weight excluding hydrogens is 773 g/mol. The maximum atomic E-state index is 4.54. The molecular formula is C62H70N2. The number of benzene rings is 5. The van der Waals surface area contributed by atoms with Crippen LogP contribution >= 0.6 is 0 Å². The summed E-state index contributed by atoms with van der Waals surface area (Å²) in [5.41, 5.74) is 17.3. The normalized spacial score (nSPS) is 12.2. The van der Waals surface area contributed by atoms with Crippen molar-refractivity contribution in [3.8, 4) is 33.4 Å². The molecule has 0 atom stereocenters. The summed E-state index contributed by atoms with van der Waals surface area (Å²) in [7, 11) is 0. The fourth-order valence-corrected chi connectivity index (χ4v) is 7.89. The molecule has 1 aromatic heterocycles. The minimum Gasteiger partial charge on any atom is -0.324 e. The molecule has 328 valence electrons. The fraction of sp³-hybridized carbons (Fsp3) is 0.210. The molecule has 0 N–H and O–H groups in total. The standard InChI is InChI=1S/C42H36.C16H22N2.2C2H6/c1-3-37-38(30-31(2)32-20-12-6-13-21-32)40(34-24-14-7-15-25-34)42(36-28-18-9-19-29-36)41(35-26-16-8-17-27-35)39(37)33-22-10-4-5-11-23-33;1-5-8-9-10-11-13-18-14(4)17-15(12-6-2)16(18)7-3;2*1-2/h4,6-30H,3,5H2,1-2H3;6-12H,3,5,13H2,1-2,4H3;2*1-2H3/b31-30+;9-8-,11-10-,12-6-;;. The first-order valence-electron chi connectivity index (χ1n) is 23.3. The molecule has 0 radical (unpaired) electrons. The Bertz CT molecular complexity index is 2550. The number of allylic oxidation sites excluding steroid dienone is 12. The molecule has 1 heterocycles. The van der Waals surface area contributed by atoms with Crippen molar-refractivity contribution >= 4 is 29.4 Å². The summed E-state index contributed by atoms with van der Waals surface area (Å²) in [6.07, 6.45) is 31.0. The third-order valence-electron chi connectivity index (χ3n) is 10.7. The Balaban J connectivity index is 0.000000343. The van der Waals surface area contributed by atoms with Gasteiger partial charge in [0.2, 0.25) is 0 Å². The Kier molecular flexibility index (Phi) is 21.3. The van der Waals surface area contributed by atoms with Gasteiger partial charge in [0, 0.05) is 6.54 Å². The van der Waals surface area contributed by atoms with E-state index in [4.69, 9.17) is 0 Å². The summed E-state index contributed by atoms with van der Waals surface area (Å²) in [6.45, 7) is 23.4. The summed E-state index contributed by atoms with van der Waals surface area (Å²) in [6, 6.07) is 43.6. The van der Waals surface area contributed by atoms with Crippen LogP contribution in [0.1, 0.15) is 108 Å². The van der Waals surface area contributed by atoms with Gasteiger partial charge in [0.15, 0.2) is 0 Å². The van der Waals surface area contributed by atoms with E-state index in [1.54, 1.807) is 0 Å². The molecule has 64 heavy (non-hydrogen) atoms. The highest BCUT2D eigenvalue weighted by molar-refractivity contribution is 6.06. The quantitative estimate of drug-likeness (QED) is 0.0837. The molecule has 0 saturated heterocycles. The molecule has 5 aromatic carbocycles. The molecule has 1 aliphatic rings. The number of aromatic nitrogens is 2. The van der Waals surface area contributed by atoms with Gasteiger partial charge in [-0.1, -0.05) is 236 Å². The van der Waals surface area contributed by atoms with Gasteiger partial charge in [-0.3, -0.25) is 0 Å². The summed E-state index contributed by atoms with van der Waals surface area (Å²) in [4.78, 5) is 4.54. The SMILES string of the molecule is C=Cc1c(/C=C\C)nc(C)n1C/C=C\C=C/CC.CC.CC.CCc1c(/C=C(\C)c2ccccc2)c(-c2ccccc2)c(-c2ccccc2)c(-c2ccccc2)c1C1=CC=CCC=C1. The largest absolute Gasteiger partial charge is 0.324 e. The Labute approximate surface area is 386 Å². The zero-order valence-corrected chi connectivity index (χ0v) is 40.0. The van der Waals surface area contributed by atoms with E-state index < -0.39 is 0 Å². The van der Waals surface area contributed by atoms with Crippen LogP contribution in [0, 0.1) is 6.92 Å². The van der Waals surface area contributed by atoms with E-state index in [1.807, 2.05) is 59.8 Å². The number of hydrogen-bond acceptors (Lipinski definition) is 1. The van der Waals surface area contributed by atoms with Crippen molar-refractivity contribution in [3.05, 3.63) is 228 Å². The number of rotatable bonds is 13. The van der Waals surface area contributed by atoms with E-state index in [9.17, 15) is 0 Å². The average Bonchev–Trinajstić information content (AvgIpc) is 3.47. The van der Waals surface area contributed by atoms with Crippen LogP contribution in [0.5, 0.6) is 0 Å². The predicted molar refractivity (Wildman–Crippen MR) is 286 cm³/mol. The summed E-state index contributed by atoms with van der Waals surface area (Å²) < 4.78 is 2.17. The second-order valence-corrected chi connectivity index (χ2v) is 14.7. The van der Waals surface area contributed by atoms with Gasteiger partial charge >= 0.3 is 0 Å². The van der Waals surface area contributed by atoms with Crippen molar-refractivity contribution in [2.75, 3.05) is 0 Å². The summed E-state index contributed by atoms with van der Waals surface area (Å²) in [5.74, 6) is 1.02. The van der Waals surface area contributed by atoms with Crippen LogP contribution in [0.3, 0.4) is 0 Å². The molecule has 2 nitrogen and oxygen atoms in total. The van der Waals surface area contributed by atoms with E-state index in [0.717, 1.165) is 43.0 Å². The molecule has 0 unspecified atom stereocenters. The van der Waals surface area contributed by atoms with Crippen LogP contribution in [0.2, 0.25) is 0 Å². The van der Waals surface area contributed by atoms with Gasteiger partial charge < -0.3 is 4.57 Å². The second kappa shape index (κ2) is 27.3. The Morgan fingerprint density at radius 3 is 1.75 bits per heavy atom. The number of nitrogens with zero attached hydrogens (tertiary/aromatic N) is 2. The van der Waals surface area contributed by atoms with Gasteiger partial charge in [-0.2, -0.15) is 0 Å². The lowest BCUT2D eigenvalue weighted by Crippen LogP contribution is -2.05. The van der Waals surface area contributed by atoms with Crippen molar-refractivity contribution in [1.29, 1.82) is 0 Å². The minimum atomic E-state index is 0.825.